The van der Waals surface area contributed by atoms with E-state index in [2.05, 4.69) is 5.10 Å². The molecule has 94 valence electrons. The Morgan fingerprint density at radius 2 is 2.18 bits per heavy atom. The molecule has 1 aromatic heterocycles. The fourth-order valence-electron chi connectivity index (χ4n) is 2.57. The fraction of sp³-hybridized carbons (Fsp3) is 0.667. The quantitative estimate of drug-likeness (QED) is 0.857. The number of ether oxygens (including phenoxy) is 1. The topological polar surface area (TPSA) is 64.4 Å². The van der Waals surface area contributed by atoms with E-state index in [-0.39, 0.29) is 22.9 Å². The second-order valence-corrected chi connectivity index (χ2v) is 5.67. The van der Waals surface area contributed by atoms with Gasteiger partial charge in [-0.25, -0.2) is 4.79 Å². The Balaban J connectivity index is 2.30. The minimum Gasteiger partial charge on any atom is -0.476 e. The molecule has 0 spiro atoms. The van der Waals surface area contributed by atoms with Crippen LogP contribution in [0.3, 0.4) is 0 Å². The van der Waals surface area contributed by atoms with Crippen molar-refractivity contribution >= 4 is 5.97 Å². The molecule has 1 aromatic rings. The van der Waals surface area contributed by atoms with Crippen LogP contribution < -0.4 is 0 Å². The summed E-state index contributed by atoms with van der Waals surface area (Å²) in [6.45, 7) is 8.09. The van der Waals surface area contributed by atoms with Crippen molar-refractivity contribution in [3.8, 4) is 0 Å². The van der Waals surface area contributed by atoms with Crippen molar-refractivity contribution in [3.05, 3.63) is 18.0 Å². The molecule has 5 nitrogen and oxygen atoms in total. The largest absolute Gasteiger partial charge is 0.476 e. The zero-order chi connectivity index (χ0) is 12.8. The van der Waals surface area contributed by atoms with E-state index in [0.29, 0.717) is 0 Å². The first kappa shape index (κ1) is 12.1. The molecule has 1 unspecified atom stereocenters. The standard InChI is InChI=1S/C12H18N2O3/c1-11(2)7-9(12(3,4)17-11)14-6-5-8(13-14)10(15)16/h5-6,9H,7H2,1-4H3,(H,15,16). The smallest absolute Gasteiger partial charge is 0.356 e. The lowest BCUT2D eigenvalue weighted by Crippen LogP contribution is -2.31. The maximum Gasteiger partial charge on any atom is 0.356 e. The van der Waals surface area contributed by atoms with Gasteiger partial charge in [0.2, 0.25) is 0 Å². The Morgan fingerprint density at radius 3 is 2.59 bits per heavy atom. The highest BCUT2D eigenvalue weighted by molar-refractivity contribution is 5.85. The summed E-state index contributed by atoms with van der Waals surface area (Å²) in [6.07, 6.45) is 2.53. The average Bonchev–Trinajstić information content (AvgIpc) is 2.67. The highest BCUT2D eigenvalue weighted by atomic mass is 16.5. The van der Waals surface area contributed by atoms with Gasteiger partial charge in [0.05, 0.1) is 17.2 Å². The van der Waals surface area contributed by atoms with Gasteiger partial charge in [-0.2, -0.15) is 5.10 Å². The lowest BCUT2D eigenvalue weighted by atomic mass is 9.95. The average molecular weight is 238 g/mol. The van der Waals surface area contributed by atoms with Crippen molar-refractivity contribution in [1.29, 1.82) is 0 Å². The van der Waals surface area contributed by atoms with Gasteiger partial charge in [-0.15, -0.1) is 0 Å². The first-order valence-electron chi connectivity index (χ1n) is 5.70. The molecule has 1 fully saturated rings. The summed E-state index contributed by atoms with van der Waals surface area (Å²) >= 11 is 0. The molecule has 0 saturated carbocycles. The Morgan fingerprint density at radius 1 is 1.53 bits per heavy atom. The molecule has 1 atom stereocenters. The first-order chi connectivity index (χ1) is 7.71. The number of aromatic nitrogens is 2. The third-order valence-corrected chi connectivity index (χ3v) is 3.17. The van der Waals surface area contributed by atoms with Crippen LogP contribution in [-0.4, -0.2) is 32.1 Å². The zero-order valence-corrected chi connectivity index (χ0v) is 10.6. The summed E-state index contributed by atoms with van der Waals surface area (Å²) in [5, 5.41) is 13.0. The second-order valence-electron chi connectivity index (χ2n) is 5.67. The number of carboxylic acid groups (broad SMARTS) is 1. The second kappa shape index (κ2) is 3.57. The highest BCUT2D eigenvalue weighted by Crippen LogP contribution is 2.44. The summed E-state index contributed by atoms with van der Waals surface area (Å²) in [6, 6.07) is 1.58. The number of carbonyl (C=O) groups is 1. The molecule has 1 saturated heterocycles. The van der Waals surface area contributed by atoms with Gasteiger partial charge < -0.3 is 9.84 Å². The van der Waals surface area contributed by atoms with E-state index in [0.717, 1.165) is 6.42 Å². The molecule has 5 heteroatoms. The molecule has 2 rings (SSSR count). The molecule has 1 aliphatic heterocycles. The monoisotopic (exact) mass is 238 g/mol. The van der Waals surface area contributed by atoms with Gasteiger partial charge in [0, 0.05) is 12.6 Å². The van der Waals surface area contributed by atoms with Crippen LogP contribution in [0.25, 0.3) is 0 Å². The Bertz CT molecular complexity index is 448. The fourth-order valence-corrected chi connectivity index (χ4v) is 2.57. The normalized spacial score (nSPS) is 26.0. The number of hydrogen-bond donors (Lipinski definition) is 1. The number of aromatic carboxylic acids is 1. The van der Waals surface area contributed by atoms with Crippen molar-refractivity contribution < 1.29 is 14.6 Å². The van der Waals surface area contributed by atoms with Crippen molar-refractivity contribution in [3.63, 3.8) is 0 Å². The van der Waals surface area contributed by atoms with Gasteiger partial charge in [0.1, 0.15) is 0 Å². The van der Waals surface area contributed by atoms with Crippen LogP contribution in [0.5, 0.6) is 0 Å². The Kier molecular flexibility index (Phi) is 2.54. The maximum absolute atomic E-state index is 10.8. The number of hydrogen-bond acceptors (Lipinski definition) is 3. The lowest BCUT2D eigenvalue weighted by Gasteiger charge is -2.27. The number of carboxylic acids is 1. The molecule has 1 aliphatic rings. The van der Waals surface area contributed by atoms with E-state index in [1.54, 1.807) is 10.9 Å². The molecular weight excluding hydrogens is 220 g/mol. The van der Waals surface area contributed by atoms with Gasteiger partial charge in [-0.3, -0.25) is 4.68 Å². The van der Waals surface area contributed by atoms with Crippen molar-refractivity contribution in [2.45, 2.75) is 51.4 Å². The molecule has 1 N–H and O–H groups in total. The minimum absolute atomic E-state index is 0.0607. The van der Waals surface area contributed by atoms with Gasteiger partial charge in [0.15, 0.2) is 5.69 Å². The van der Waals surface area contributed by atoms with Crippen molar-refractivity contribution in [2.75, 3.05) is 0 Å². The lowest BCUT2D eigenvalue weighted by molar-refractivity contribution is -0.0737. The number of nitrogens with zero attached hydrogens (tertiary/aromatic N) is 2. The predicted molar refractivity (Wildman–Crippen MR) is 62.1 cm³/mol. The van der Waals surface area contributed by atoms with Crippen LogP contribution in [0.2, 0.25) is 0 Å². The zero-order valence-electron chi connectivity index (χ0n) is 10.6. The Labute approximate surface area is 100 Å². The van der Waals surface area contributed by atoms with Crippen LogP contribution in [0.1, 0.15) is 50.6 Å². The molecule has 0 bridgehead atoms. The van der Waals surface area contributed by atoms with Crippen molar-refractivity contribution in [1.82, 2.24) is 9.78 Å². The van der Waals surface area contributed by atoms with Crippen LogP contribution in [-0.2, 0) is 4.74 Å². The van der Waals surface area contributed by atoms with Crippen LogP contribution in [0, 0.1) is 0 Å². The molecule has 0 amide bonds. The summed E-state index contributed by atoms with van der Waals surface area (Å²) in [4.78, 5) is 10.8. The number of rotatable bonds is 2. The van der Waals surface area contributed by atoms with Gasteiger partial charge >= 0.3 is 5.97 Å². The van der Waals surface area contributed by atoms with Crippen LogP contribution in [0.15, 0.2) is 12.3 Å². The highest BCUT2D eigenvalue weighted by Gasteiger charge is 2.47. The van der Waals surface area contributed by atoms with E-state index in [9.17, 15) is 4.79 Å². The van der Waals surface area contributed by atoms with E-state index in [4.69, 9.17) is 9.84 Å². The third-order valence-electron chi connectivity index (χ3n) is 3.17. The summed E-state index contributed by atoms with van der Waals surface area (Å²) in [7, 11) is 0. The van der Waals surface area contributed by atoms with E-state index in [1.165, 1.54) is 6.07 Å². The van der Waals surface area contributed by atoms with Crippen LogP contribution >= 0.6 is 0 Å². The molecule has 0 aromatic carbocycles. The predicted octanol–water partition coefficient (Wildman–Crippen LogP) is 2.10. The Hall–Kier alpha value is -1.36. The van der Waals surface area contributed by atoms with Crippen molar-refractivity contribution in [2.24, 2.45) is 0 Å². The van der Waals surface area contributed by atoms with E-state index >= 15 is 0 Å². The summed E-state index contributed by atoms with van der Waals surface area (Å²) in [5.41, 5.74) is -0.472. The molecule has 0 radical (unpaired) electrons. The SMILES string of the molecule is CC1(C)CC(n2ccc(C(=O)O)n2)C(C)(C)O1. The first-order valence-corrected chi connectivity index (χ1v) is 5.70. The molecule has 2 heterocycles. The molecule has 0 aliphatic carbocycles. The summed E-state index contributed by atoms with van der Waals surface area (Å²) < 4.78 is 7.67. The maximum atomic E-state index is 10.8. The third kappa shape index (κ3) is 2.20. The van der Waals surface area contributed by atoms with Crippen LogP contribution in [0.4, 0.5) is 0 Å². The summed E-state index contributed by atoms with van der Waals surface area (Å²) in [5.74, 6) is -1.00. The molecular formula is C12H18N2O3. The van der Waals surface area contributed by atoms with Gasteiger partial charge in [0.25, 0.3) is 0 Å². The van der Waals surface area contributed by atoms with E-state index < -0.39 is 5.97 Å². The molecule has 17 heavy (non-hydrogen) atoms. The van der Waals surface area contributed by atoms with Gasteiger partial charge in [-0.1, -0.05) is 0 Å². The van der Waals surface area contributed by atoms with E-state index in [1.807, 2.05) is 27.7 Å². The minimum atomic E-state index is -1.00. The van der Waals surface area contributed by atoms with Gasteiger partial charge in [-0.05, 0) is 33.8 Å².